The molecule has 5 heteroatoms. The quantitative estimate of drug-likeness (QED) is 0.161. The number of fused-ring (bicyclic) bond motifs is 17. The third-order valence-electron chi connectivity index (χ3n) is 17.1. The molecule has 16 aromatic rings. The van der Waals surface area contributed by atoms with E-state index in [1.54, 1.807) is 0 Å². The summed E-state index contributed by atoms with van der Waals surface area (Å²) in [6.45, 7) is 0. The maximum atomic E-state index is 13.6. The lowest BCUT2D eigenvalue weighted by molar-refractivity contribution is 0.126. The zero-order chi connectivity index (χ0) is 52.0. The molecule has 1 N–H and O–H groups in total. The summed E-state index contributed by atoms with van der Waals surface area (Å²) in [5.74, 6) is 0. The smallest absolute Gasteiger partial charge is 0.143 e. The average molecular weight is 1010 g/mol. The predicted octanol–water partition coefficient (Wildman–Crippen LogP) is 19.3. The SMILES string of the molecule is OC(c1ccccc1)(c1ccccc1)c1ccc2oc3ccccc3c2c1-c1cccc2c1oc1cc(-c3cccc(C4(c5ccccc5)c5ccc6c(oc7ccccc76)c5-c5c4ccc4oc6ccccc6c54)c3)ccc12. The van der Waals surface area contributed by atoms with Crippen LogP contribution < -0.4 is 0 Å². The molecule has 0 saturated heterocycles. The van der Waals surface area contributed by atoms with Crippen molar-refractivity contribution in [1.29, 1.82) is 0 Å². The van der Waals surface area contributed by atoms with Crippen molar-refractivity contribution in [3.05, 3.63) is 300 Å². The molecule has 0 saturated carbocycles. The second kappa shape index (κ2) is 16.4. The number of rotatable bonds is 7. The van der Waals surface area contributed by atoms with E-state index in [2.05, 4.69) is 158 Å². The highest BCUT2D eigenvalue weighted by atomic mass is 16.3. The maximum absolute atomic E-state index is 13.6. The molecule has 0 aliphatic heterocycles. The molecular formula is C74H44O5. The fourth-order valence-corrected chi connectivity index (χ4v) is 13.7. The zero-order valence-electron chi connectivity index (χ0n) is 42.4. The number of hydrogen-bond acceptors (Lipinski definition) is 5. The Bertz CT molecular complexity index is 5110. The molecule has 0 spiro atoms. The van der Waals surface area contributed by atoms with Gasteiger partial charge in [-0.05, 0) is 93.0 Å². The van der Waals surface area contributed by atoms with Crippen LogP contribution in [0.15, 0.2) is 279 Å². The Morgan fingerprint density at radius 1 is 0.304 bits per heavy atom. The molecule has 79 heavy (non-hydrogen) atoms. The minimum Gasteiger partial charge on any atom is -0.456 e. The lowest BCUT2D eigenvalue weighted by Gasteiger charge is -2.34. The predicted molar refractivity (Wildman–Crippen MR) is 319 cm³/mol. The first kappa shape index (κ1) is 44.0. The van der Waals surface area contributed by atoms with Crippen LogP contribution >= 0.6 is 0 Å². The number of furan rings is 4. The molecule has 370 valence electrons. The van der Waals surface area contributed by atoms with Gasteiger partial charge in [0.05, 0.1) is 5.41 Å². The van der Waals surface area contributed by atoms with E-state index in [0.29, 0.717) is 0 Å². The summed E-state index contributed by atoms with van der Waals surface area (Å²) in [5, 5.41) is 21.8. The molecule has 1 aliphatic rings. The second-order valence-corrected chi connectivity index (χ2v) is 21.0. The summed E-state index contributed by atoms with van der Waals surface area (Å²) in [7, 11) is 0. The van der Waals surface area contributed by atoms with Crippen LogP contribution in [-0.2, 0) is 11.0 Å². The van der Waals surface area contributed by atoms with Gasteiger partial charge in [0.25, 0.3) is 0 Å². The van der Waals surface area contributed by atoms with Crippen LogP contribution in [0.2, 0.25) is 0 Å². The molecule has 0 fully saturated rings. The summed E-state index contributed by atoms with van der Waals surface area (Å²) in [6.07, 6.45) is 0. The van der Waals surface area contributed by atoms with E-state index in [9.17, 15) is 5.11 Å². The number of benzene rings is 12. The van der Waals surface area contributed by atoms with Crippen molar-refractivity contribution in [3.63, 3.8) is 0 Å². The third-order valence-corrected chi connectivity index (χ3v) is 17.1. The highest BCUT2D eigenvalue weighted by molar-refractivity contribution is 6.22. The van der Waals surface area contributed by atoms with Crippen LogP contribution in [0.5, 0.6) is 0 Å². The van der Waals surface area contributed by atoms with Gasteiger partial charge in [0.1, 0.15) is 50.3 Å². The Hall–Kier alpha value is -10.2. The van der Waals surface area contributed by atoms with Gasteiger partial charge in [-0.15, -0.1) is 0 Å². The Labute approximate surface area is 452 Å². The Balaban J connectivity index is 0.892. The van der Waals surface area contributed by atoms with Crippen molar-refractivity contribution in [1.82, 2.24) is 0 Å². The van der Waals surface area contributed by atoms with Gasteiger partial charge in [0.2, 0.25) is 0 Å². The van der Waals surface area contributed by atoms with Crippen LogP contribution in [0.4, 0.5) is 0 Å². The van der Waals surface area contributed by atoms with Gasteiger partial charge in [-0.2, -0.15) is 0 Å². The molecule has 1 atom stereocenters. The molecule has 0 bridgehead atoms. The first-order valence-electron chi connectivity index (χ1n) is 26.9. The number of hydrogen-bond donors (Lipinski definition) is 1. The summed E-state index contributed by atoms with van der Waals surface area (Å²) < 4.78 is 27.5. The van der Waals surface area contributed by atoms with Gasteiger partial charge in [-0.3, -0.25) is 0 Å². The molecule has 12 aromatic carbocycles. The van der Waals surface area contributed by atoms with E-state index < -0.39 is 11.0 Å². The standard InChI is InChI=1S/C74H44O5/c75-74(47-21-6-2-7-22-47,48-23-8-3-9-24-48)59-39-41-63-67(54-27-11-14-32-61(54)76-63)66(59)56-30-17-29-52-51-35-34-45(43-65(51)79-71(52)56)44-18-16-25-49(42-44)73(46-19-4-1-5-20-46)57-38-40-64-68(55-28-12-15-33-62(55)77-64)69(57)70-58(73)37-36-53-50-26-10-13-31-60(50)78-72(53)70/h1-43,75H. The first-order chi connectivity index (χ1) is 39.1. The Morgan fingerprint density at radius 2 is 0.797 bits per heavy atom. The summed E-state index contributed by atoms with van der Waals surface area (Å²) in [5.41, 5.74) is 16.9. The van der Waals surface area contributed by atoms with Crippen LogP contribution in [0.25, 0.3) is 121 Å². The van der Waals surface area contributed by atoms with Crippen LogP contribution in [-0.4, -0.2) is 5.11 Å². The van der Waals surface area contributed by atoms with Crippen LogP contribution in [0.3, 0.4) is 0 Å². The van der Waals surface area contributed by atoms with Crippen molar-refractivity contribution in [3.8, 4) is 33.4 Å². The van der Waals surface area contributed by atoms with E-state index in [-0.39, 0.29) is 0 Å². The fraction of sp³-hybridized carbons (Fsp3) is 0.0270. The fourth-order valence-electron chi connectivity index (χ4n) is 13.7. The first-order valence-corrected chi connectivity index (χ1v) is 26.9. The highest BCUT2D eigenvalue weighted by Crippen LogP contribution is 2.61. The van der Waals surface area contributed by atoms with Gasteiger partial charge in [0.15, 0.2) is 0 Å². The van der Waals surface area contributed by atoms with Gasteiger partial charge >= 0.3 is 0 Å². The van der Waals surface area contributed by atoms with Gasteiger partial charge in [0, 0.05) is 70.9 Å². The minimum absolute atomic E-state index is 0.722. The summed E-state index contributed by atoms with van der Waals surface area (Å²) in [6, 6.07) is 90.7. The van der Waals surface area contributed by atoms with Crippen molar-refractivity contribution in [2.45, 2.75) is 11.0 Å². The van der Waals surface area contributed by atoms with Crippen molar-refractivity contribution in [2.24, 2.45) is 0 Å². The second-order valence-electron chi connectivity index (χ2n) is 21.0. The molecule has 0 radical (unpaired) electrons. The van der Waals surface area contributed by atoms with Gasteiger partial charge in [-0.1, -0.05) is 212 Å². The number of para-hydroxylation sites is 4. The lowest BCUT2D eigenvalue weighted by atomic mass is 9.67. The highest BCUT2D eigenvalue weighted by Gasteiger charge is 2.49. The Kier molecular flexibility index (Phi) is 9.13. The molecule has 5 nitrogen and oxygen atoms in total. The zero-order valence-corrected chi connectivity index (χ0v) is 42.4. The summed E-state index contributed by atoms with van der Waals surface area (Å²) in [4.78, 5) is 0. The molecule has 4 aromatic heterocycles. The van der Waals surface area contributed by atoms with Gasteiger partial charge < -0.3 is 22.8 Å². The van der Waals surface area contributed by atoms with E-state index in [4.69, 9.17) is 17.7 Å². The van der Waals surface area contributed by atoms with E-state index in [1.807, 2.05) is 103 Å². The molecule has 4 heterocycles. The van der Waals surface area contributed by atoms with Crippen LogP contribution in [0.1, 0.15) is 38.9 Å². The molecular weight excluding hydrogens is 969 g/mol. The normalized spacial score (nSPS) is 14.4. The molecule has 0 amide bonds. The van der Waals surface area contributed by atoms with Crippen molar-refractivity contribution >= 4 is 87.8 Å². The largest absolute Gasteiger partial charge is 0.456 e. The van der Waals surface area contributed by atoms with Crippen molar-refractivity contribution in [2.75, 3.05) is 0 Å². The average Bonchev–Trinajstić information content (AvgIpc) is 2.93. The molecule has 1 aliphatic carbocycles. The van der Waals surface area contributed by atoms with E-state index in [0.717, 1.165) is 155 Å². The molecule has 17 rings (SSSR count). The Morgan fingerprint density at radius 3 is 1.51 bits per heavy atom. The van der Waals surface area contributed by atoms with E-state index >= 15 is 0 Å². The summed E-state index contributed by atoms with van der Waals surface area (Å²) >= 11 is 0. The monoisotopic (exact) mass is 1010 g/mol. The minimum atomic E-state index is -1.55. The van der Waals surface area contributed by atoms with Gasteiger partial charge in [-0.25, -0.2) is 0 Å². The number of aliphatic hydroxyl groups is 1. The van der Waals surface area contributed by atoms with E-state index in [1.165, 1.54) is 5.56 Å². The lowest BCUT2D eigenvalue weighted by Crippen LogP contribution is -2.29. The molecule has 1 unspecified atom stereocenters. The van der Waals surface area contributed by atoms with Crippen LogP contribution in [0, 0.1) is 0 Å². The maximum Gasteiger partial charge on any atom is 0.143 e. The topological polar surface area (TPSA) is 72.8 Å². The third kappa shape index (κ3) is 6.02. The van der Waals surface area contributed by atoms with Crippen molar-refractivity contribution < 1.29 is 22.8 Å².